The highest BCUT2D eigenvalue weighted by molar-refractivity contribution is 6.03. The first-order chi connectivity index (χ1) is 11.5. The molecule has 1 aliphatic heterocycles. The van der Waals surface area contributed by atoms with Gasteiger partial charge in [0.05, 0.1) is 5.69 Å². The second-order valence-electron chi connectivity index (χ2n) is 5.77. The Morgan fingerprint density at radius 2 is 2.04 bits per heavy atom. The lowest BCUT2D eigenvalue weighted by Crippen LogP contribution is -2.24. The van der Waals surface area contributed by atoms with Gasteiger partial charge < -0.3 is 10.6 Å². The van der Waals surface area contributed by atoms with Gasteiger partial charge in [-0.2, -0.15) is 5.10 Å². The summed E-state index contributed by atoms with van der Waals surface area (Å²) in [6, 6.07) is 5.05. The van der Waals surface area contributed by atoms with Crippen LogP contribution in [0.25, 0.3) is 5.57 Å². The van der Waals surface area contributed by atoms with E-state index in [1.54, 1.807) is 17.8 Å². The number of carbonyl (C=O) groups excluding carboxylic acids is 1. The number of anilines is 1. The number of halogens is 2. The summed E-state index contributed by atoms with van der Waals surface area (Å²) in [6.07, 6.45) is 0.933. The quantitative estimate of drug-likeness (QED) is 0.909. The van der Waals surface area contributed by atoms with Crippen LogP contribution in [-0.4, -0.2) is 28.8 Å². The minimum Gasteiger partial charge on any atom is -0.316 e. The molecule has 0 radical (unpaired) electrons. The van der Waals surface area contributed by atoms with E-state index >= 15 is 0 Å². The zero-order valence-electron chi connectivity index (χ0n) is 13.5. The molecule has 0 spiro atoms. The molecule has 0 atom stereocenters. The fourth-order valence-corrected chi connectivity index (χ4v) is 2.76. The Balaban J connectivity index is 1.88. The number of para-hydroxylation sites is 1. The molecule has 3 rings (SSSR count). The van der Waals surface area contributed by atoms with Gasteiger partial charge >= 0.3 is 0 Å². The van der Waals surface area contributed by atoms with Crippen LogP contribution in [0, 0.1) is 11.6 Å². The van der Waals surface area contributed by atoms with Crippen molar-refractivity contribution in [3.05, 3.63) is 52.9 Å². The van der Waals surface area contributed by atoms with E-state index in [2.05, 4.69) is 22.7 Å². The maximum atomic E-state index is 13.7. The van der Waals surface area contributed by atoms with Crippen LogP contribution in [0.15, 0.2) is 29.8 Å². The van der Waals surface area contributed by atoms with Gasteiger partial charge in [-0.05, 0) is 43.7 Å². The van der Waals surface area contributed by atoms with Crippen LogP contribution >= 0.6 is 0 Å². The second kappa shape index (κ2) is 6.52. The number of aromatic nitrogens is 2. The average Bonchev–Trinajstić information content (AvgIpc) is 2.93. The normalized spacial score (nSPS) is 14.8. The van der Waals surface area contributed by atoms with Crippen molar-refractivity contribution in [3.8, 4) is 0 Å². The van der Waals surface area contributed by atoms with Crippen molar-refractivity contribution in [2.24, 2.45) is 7.05 Å². The summed E-state index contributed by atoms with van der Waals surface area (Å²) in [6.45, 7) is 3.68. The van der Waals surface area contributed by atoms with Crippen molar-refractivity contribution in [2.45, 2.75) is 13.3 Å². The SMILES string of the molecule is CC1=C(c2cc(C(=O)Nc3c(F)cccc3F)nn2C)CNCC1. The number of carbonyl (C=O) groups is 1. The summed E-state index contributed by atoms with van der Waals surface area (Å²) in [5.41, 5.74) is 2.79. The Kier molecular flexibility index (Phi) is 4.44. The van der Waals surface area contributed by atoms with Crippen LogP contribution in [0.3, 0.4) is 0 Å². The van der Waals surface area contributed by atoms with Crippen molar-refractivity contribution < 1.29 is 13.6 Å². The minimum absolute atomic E-state index is 0.112. The van der Waals surface area contributed by atoms with Crippen molar-refractivity contribution in [3.63, 3.8) is 0 Å². The van der Waals surface area contributed by atoms with Crippen LogP contribution in [0.5, 0.6) is 0 Å². The Morgan fingerprint density at radius 1 is 1.33 bits per heavy atom. The first-order valence-corrected chi connectivity index (χ1v) is 7.66. The van der Waals surface area contributed by atoms with E-state index in [-0.39, 0.29) is 5.69 Å². The third-order valence-corrected chi connectivity index (χ3v) is 4.12. The monoisotopic (exact) mass is 332 g/mol. The smallest absolute Gasteiger partial charge is 0.276 e. The zero-order chi connectivity index (χ0) is 17.3. The molecule has 0 aliphatic carbocycles. The lowest BCUT2D eigenvalue weighted by atomic mass is 10.00. The molecule has 1 aromatic heterocycles. The van der Waals surface area contributed by atoms with E-state index < -0.39 is 23.2 Å². The molecule has 1 aromatic carbocycles. The van der Waals surface area contributed by atoms with Crippen LogP contribution in [0.1, 0.15) is 29.5 Å². The molecular formula is C17H18F2N4O. The Labute approximate surface area is 138 Å². The first kappa shape index (κ1) is 16.3. The fraction of sp³-hybridized carbons (Fsp3) is 0.294. The van der Waals surface area contributed by atoms with Gasteiger partial charge in [0, 0.05) is 13.6 Å². The lowest BCUT2D eigenvalue weighted by molar-refractivity contribution is 0.102. The third-order valence-electron chi connectivity index (χ3n) is 4.12. The van der Waals surface area contributed by atoms with Gasteiger partial charge in [-0.25, -0.2) is 8.78 Å². The molecule has 0 saturated carbocycles. The molecule has 2 N–H and O–H groups in total. The molecule has 2 heterocycles. The first-order valence-electron chi connectivity index (χ1n) is 7.66. The maximum Gasteiger partial charge on any atom is 0.276 e. The molecule has 1 aliphatic rings. The van der Waals surface area contributed by atoms with E-state index in [1.165, 1.54) is 11.6 Å². The topological polar surface area (TPSA) is 59.0 Å². The molecule has 1 amide bonds. The number of aryl methyl sites for hydroxylation is 1. The van der Waals surface area contributed by atoms with Gasteiger partial charge in [-0.1, -0.05) is 11.6 Å². The zero-order valence-corrected chi connectivity index (χ0v) is 13.5. The number of hydrogen-bond donors (Lipinski definition) is 2. The molecule has 0 unspecified atom stereocenters. The van der Waals surface area contributed by atoms with Crippen molar-refractivity contribution in [1.82, 2.24) is 15.1 Å². The van der Waals surface area contributed by atoms with Crippen molar-refractivity contribution >= 4 is 17.2 Å². The Bertz CT molecular complexity index is 806. The highest BCUT2D eigenvalue weighted by atomic mass is 19.1. The van der Waals surface area contributed by atoms with E-state index in [1.807, 2.05) is 0 Å². The number of benzene rings is 1. The van der Waals surface area contributed by atoms with Gasteiger partial charge in [0.1, 0.15) is 17.3 Å². The van der Waals surface area contributed by atoms with E-state index in [4.69, 9.17) is 0 Å². The van der Waals surface area contributed by atoms with E-state index in [0.29, 0.717) is 6.54 Å². The number of amides is 1. The summed E-state index contributed by atoms with van der Waals surface area (Å²) in [4.78, 5) is 12.3. The third kappa shape index (κ3) is 3.07. The predicted molar refractivity (Wildman–Crippen MR) is 87.6 cm³/mol. The van der Waals surface area contributed by atoms with Gasteiger partial charge in [0.15, 0.2) is 5.69 Å². The molecule has 2 aromatic rings. The van der Waals surface area contributed by atoms with Gasteiger partial charge in [-0.3, -0.25) is 9.48 Å². The molecule has 7 heteroatoms. The number of nitrogens with one attached hydrogen (secondary N) is 2. The van der Waals surface area contributed by atoms with E-state index in [0.717, 1.165) is 36.4 Å². The van der Waals surface area contributed by atoms with E-state index in [9.17, 15) is 13.6 Å². The highest BCUT2D eigenvalue weighted by Crippen LogP contribution is 2.24. The second-order valence-corrected chi connectivity index (χ2v) is 5.77. The predicted octanol–water partition coefficient (Wildman–Crippen LogP) is 2.72. The maximum absolute atomic E-state index is 13.7. The number of hydrogen-bond acceptors (Lipinski definition) is 3. The molecule has 126 valence electrons. The number of nitrogens with zero attached hydrogens (tertiary/aromatic N) is 2. The van der Waals surface area contributed by atoms with Crippen LogP contribution in [-0.2, 0) is 7.05 Å². The highest BCUT2D eigenvalue weighted by Gasteiger charge is 2.20. The summed E-state index contributed by atoms with van der Waals surface area (Å²) in [5.74, 6) is -2.30. The molecule has 0 saturated heterocycles. The van der Waals surface area contributed by atoms with Crippen molar-refractivity contribution in [2.75, 3.05) is 18.4 Å². The van der Waals surface area contributed by atoms with Crippen LogP contribution in [0.4, 0.5) is 14.5 Å². The van der Waals surface area contributed by atoms with Crippen LogP contribution in [0.2, 0.25) is 0 Å². The summed E-state index contributed by atoms with van der Waals surface area (Å²) >= 11 is 0. The standard InChI is InChI=1S/C17H18F2N4O/c1-10-6-7-20-9-11(10)15-8-14(22-23(15)2)17(24)21-16-12(18)4-3-5-13(16)19/h3-5,8,20H,6-7,9H2,1-2H3,(H,21,24). The summed E-state index contributed by atoms with van der Waals surface area (Å²) < 4.78 is 28.9. The number of rotatable bonds is 3. The average molecular weight is 332 g/mol. The van der Waals surface area contributed by atoms with Gasteiger partial charge in [0.2, 0.25) is 0 Å². The van der Waals surface area contributed by atoms with Crippen molar-refractivity contribution in [1.29, 1.82) is 0 Å². The Morgan fingerprint density at radius 3 is 2.71 bits per heavy atom. The molecule has 5 nitrogen and oxygen atoms in total. The lowest BCUT2D eigenvalue weighted by Gasteiger charge is -2.18. The van der Waals surface area contributed by atoms with Crippen LogP contribution < -0.4 is 10.6 Å². The molecule has 0 bridgehead atoms. The largest absolute Gasteiger partial charge is 0.316 e. The fourth-order valence-electron chi connectivity index (χ4n) is 2.76. The Hall–Kier alpha value is -2.54. The molecular weight excluding hydrogens is 314 g/mol. The molecule has 0 fully saturated rings. The van der Waals surface area contributed by atoms with Gasteiger partial charge in [0.25, 0.3) is 5.91 Å². The summed E-state index contributed by atoms with van der Waals surface area (Å²) in [7, 11) is 1.74. The van der Waals surface area contributed by atoms with Gasteiger partial charge in [-0.15, -0.1) is 0 Å². The summed E-state index contributed by atoms with van der Waals surface area (Å²) in [5, 5.41) is 9.71. The molecule has 24 heavy (non-hydrogen) atoms. The minimum atomic E-state index is -0.825.